The molecule has 2 amide bonds. The summed E-state index contributed by atoms with van der Waals surface area (Å²) in [6.45, 7) is 3.04. The molecule has 7 nitrogen and oxygen atoms in total. The van der Waals surface area contributed by atoms with Crippen molar-refractivity contribution in [3.63, 3.8) is 0 Å². The molecule has 1 fully saturated rings. The number of ether oxygens (including phenoxy) is 1. The van der Waals surface area contributed by atoms with Crippen LogP contribution in [0, 0.1) is 6.92 Å². The number of amides is 2. The van der Waals surface area contributed by atoms with Crippen LogP contribution in [-0.4, -0.2) is 41.1 Å². The maximum Gasteiger partial charge on any atom is 0.260 e. The maximum atomic E-state index is 13.1. The standard InChI is InChI=1S/C19H21N3O4/c1-12-16(11-20-26-12)18(23)21-13-5-6-17-15(10-13)19(24)22-8-3-2-4-14(22)7-9-25-17/h5-6,10-11,14H,2-4,7-9H2,1H3,(H,21,23)/t14-/m0/s1. The Balaban J connectivity index is 1.61. The van der Waals surface area contributed by atoms with Gasteiger partial charge in [-0.2, -0.15) is 0 Å². The third-order valence-electron chi connectivity index (χ3n) is 5.06. The number of hydrogen-bond donors (Lipinski definition) is 1. The number of benzene rings is 1. The summed E-state index contributed by atoms with van der Waals surface area (Å²) in [7, 11) is 0. The minimum atomic E-state index is -0.321. The molecule has 4 rings (SSSR count). The van der Waals surface area contributed by atoms with Gasteiger partial charge in [-0.1, -0.05) is 5.16 Å². The normalized spacial score (nSPS) is 19.7. The summed E-state index contributed by atoms with van der Waals surface area (Å²) < 4.78 is 10.7. The fraction of sp³-hybridized carbons (Fsp3) is 0.421. The number of aryl methyl sites for hydroxylation is 1. The van der Waals surface area contributed by atoms with E-state index in [1.54, 1.807) is 25.1 Å². The van der Waals surface area contributed by atoms with E-state index in [9.17, 15) is 9.59 Å². The first-order valence-corrected chi connectivity index (χ1v) is 8.94. The highest BCUT2D eigenvalue weighted by Gasteiger charge is 2.31. The zero-order valence-corrected chi connectivity index (χ0v) is 14.7. The predicted octanol–water partition coefficient (Wildman–Crippen LogP) is 3.01. The van der Waals surface area contributed by atoms with Crippen molar-refractivity contribution in [2.24, 2.45) is 0 Å². The van der Waals surface area contributed by atoms with E-state index in [1.165, 1.54) is 6.20 Å². The van der Waals surface area contributed by atoms with Gasteiger partial charge in [-0.3, -0.25) is 9.59 Å². The number of nitrogens with zero attached hydrogens (tertiary/aromatic N) is 2. The van der Waals surface area contributed by atoms with Crippen molar-refractivity contribution in [2.45, 2.75) is 38.6 Å². The number of aromatic nitrogens is 1. The van der Waals surface area contributed by atoms with Crippen molar-refractivity contribution in [2.75, 3.05) is 18.5 Å². The van der Waals surface area contributed by atoms with Crippen LogP contribution in [0.3, 0.4) is 0 Å². The van der Waals surface area contributed by atoms with Gasteiger partial charge in [-0.25, -0.2) is 0 Å². The Morgan fingerprint density at radius 3 is 3.00 bits per heavy atom. The number of carbonyl (C=O) groups excluding carboxylic acids is 2. The zero-order chi connectivity index (χ0) is 18.1. The van der Waals surface area contributed by atoms with Crippen LogP contribution >= 0.6 is 0 Å². The van der Waals surface area contributed by atoms with Gasteiger partial charge >= 0.3 is 0 Å². The van der Waals surface area contributed by atoms with E-state index in [0.717, 1.165) is 32.2 Å². The summed E-state index contributed by atoms with van der Waals surface area (Å²) in [5.41, 5.74) is 1.41. The number of rotatable bonds is 2. The lowest BCUT2D eigenvalue weighted by Crippen LogP contribution is -2.45. The van der Waals surface area contributed by atoms with E-state index in [1.807, 2.05) is 4.90 Å². The molecule has 3 heterocycles. The average Bonchev–Trinajstić information content (AvgIpc) is 3.07. The predicted molar refractivity (Wildman–Crippen MR) is 94.4 cm³/mol. The van der Waals surface area contributed by atoms with Crippen molar-refractivity contribution in [3.05, 3.63) is 41.3 Å². The van der Waals surface area contributed by atoms with E-state index in [2.05, 4.69) is 10.5 Å². The third kappa shape index (κ3) is 3.05. The van der Waals surface area contributed by atoms with Gasteiger partial charge in [0, 0.05) is 24.7 Å². The summed E-state index contributed by atoms with van der Waals surface area (Å²) in [6, 6.07) is 5.41. The van der Waals surface area contributed by atoms with Gasteiger partial charge < -0.3 is 19.5 Å². The van der Waals surface area contributed by atoms with Crippen LogP contribution in [0.25, 0.3) is 0 Å². The molecule has 1 aromatic heterocycles. The summed E-state index contributed by atoms with van der Waals surface area (Å²) in [6.07, 6.45) is 5.44. The van der Waals surface area contributed by atoms with Crippen LogP contribution in [0.1, 0.15) is 52.2 Å². The second-order valence-electron chi connectivity index (χ2n) is 6.75. The highest BCUT2D eigenvalue weighted by atomic mass is 16.5. The van der Waals surface area contributed by atoms with Crippen LogP contribution in [0.4, 0.5) is 5.69 Å². The molecule has 1 N–H and O–H groups in total. The topological polar surface area (TPSA) is 84.7 Å². The first kappa shape index (κ1) is 16.6. The number of carbonyl (C=O) groups is 2. The molecule has 0 saturated carbocycles. The van der Waals surface area contributed by atoms with E-state index < -0.39 is 0 Å². The molecule has 7 heteroatoms. The fourth-order valence-corrected chi connectivity index (χ4v) is 3.64. The Morgan fingerprint density at radius 1 is 1.31 bits per heavy atom. The Hall–Kier alpha value is -2.83. The number of nitrogens with one attached hydrogen (secondary N) is 1. The molecular weight excluding hydrogens is 334 g/mol. The minimum Gasteiger partial charge on any atom is -0.493 e. The molecule has 2 aliphatic heterocycles. The number of piperidine rings is 1. The molecule has 0 aliphatic carbocycles. The average molecular weight is 355 g/mol. The second kappa shape index (κ2) is 6.82. The molecule has 2 aromatic rings. The lowest BCUT2D eigenvalue weighted by Gasteiger charge is -2.37. The summed E-state index contributed by atoms with van der Waals surface area (Å²) in [5.74, 6) is 0.669. The molecule has 1 saturated heterocycles. The number of hydrogen-bond acceptors (Lipinski definition) is 5. The SMILES string of the molecule is Cc1oncc1C(=O)Nc1ccc2c(c1)C(=O)N1CCCC[C@H]1CCO2. The van der Waals surface area contributed by atoms with Crippen LogP contribution in [0.15, 0.2) is 28.9 Å². The van der Waals surface area contributed by atoms with Crippen molar-refractivity contribution < 1.29 is 18.8 Å². The van der Waals surface area contributed by atoms with E-state index in [0.29, 0.717) is 34.9 Å². The quantitative estimate of drug-likeness (QED) is 0.895. The smallest absolute Gasteiger partial charge is 0.260 e. The van der Waals surface area contributed by atoms with Crippen LogP contribution < -0.4 is 10.1 Å². The van der Waals surface area contributed by atoms with Crippen molar-refractivity contribution in [1.82, 2.24) is 10.1 Å². The van der Waals surface area contributed by atoms with Crippen molar-refractivity contribution in [1.29, 1.82) is 0 Å². The van der Waals surface area contributed by atoms with Gasteiger partial charge in [0.2, 0.25) is 0 Å². The molecule has 1 atom stereocenters. The largest absolute Gasteiger partial charge is 0.493 e. The Labute approximate surface area is 151 Å². The van der Waals surface area contributed by atoms with Gasteiger partial charge in [-0.05, 0) is 44.4 Å². The lowest BCUT2D eigenvalue weighted by molar-refractivity contribution is 0.0548. The van der Waals surface area contributed by atoms with Crippen LogP contribution in [0.5, 0.6) is 5.75 Å². The lowest BCUT2D eigenvalue weighted by atomic mass is 9.97. The van der Waals surface area contributed by atoms with Gasteiger partial charge in [0.15, 0.2) is 0 Å². The molecular formula is C19H21N3O4. The summed E-state index contributed by atoms with van der Waals surface area (Å²) in [5, 5.41) is 6.42. The van der Waals surface area contributed by atoms with Crippen molar-refractivity contribution in [3.8, 4) is 5.75 Å². The van der Waals surface area contributed by atoms with E-state index >= 15 is 0 Å². The van der Waals surface area contributed by atoms with E-state index in [4.69, 9.17) is 9.26 Å². The molecule has 0 spiro atoms. The Morgan fingerprint density at radius 2 is 2.19 bits per heavy atom. The fourth-order valence-electron chi connectivity index (χ4n) is 3.64. The summed E-state index contributed by atoms with van der Waals surface area (Å²) >= 11 is 0. The van der Waals surface area contributed by atoms with Crippen LogP contribution in [-0.2, 0) is 0 Å². The molecule has 0 bridgehead atoms. The first-order valence-electron chi connectivity index (χ1n) is 8.94. The van der Waals surface area contributed by atoms with Gasteiger partial charge in [0.05, 0.1) is 18.4 Å². The zero-order valence-electron chi connectivity index (χ0n) is 14.7. The first-order chi connectivity index (χ1) is 12.6. The highest BCUT2D eigenvalue weighted by molar-refractivity contribution is 6.06. The Kier molecular flexibility index (Phi) is 4.36. The van der Waals surface area contributed by atoms with Crippen molar-refractivity contribution >= 4 is 17.5 Å². The molecule has 0 unspecified atom stereocenters. The van der Waals surface area contributed by atoms with Crippen LogP contribution in [0.2, 0.25) is 0 Å². The molecule has 2 aliphatic rings. The molecule has 1 aromatic carbocycles. The maximum absolute atomic E-state index is 13.1. The van der Waals surface area contributed by atoms with Gasteiger partial charge in [0.25, 0.3) is 11.8 Å². The molecule has 136 valence electrons. The van der Waals surface area contributed by atoms with E-state index in [-0.39, 0.29) is 17.9 Å². The molecule has 26 heavy (non-hydrogen) atoms. The monoisotopic (exact) mass is 355 g/mol. The third-order valence-corrected chi connectivity index (χ3v) is 5.06. The minimum absolute atomic E-state index is 0.0262. The highest BCUT2D eigenvalue weighted by Crippen LogP contribution is 2.31. The Bertz CT molecular complexity index is 845. The number of fused-ring (bicyclic) bond motifs is 2. The second-order valence-corrected chi connectivity index (χ2v) is 6.75. The van der Waals surface area contributed by atoms with Gasteiger partial charge in [-0.15, -0.1) is 0 Å². The van der Waals surface area contributed by atoms with Gasteiger partial charge in [0.1, 0.15) is 17.1 Å². The number of anilines is 1. The molecule has 0 radical (unpaired) electrons. The summed E-state index contributed by atoms with van der Waals surface area (Å²) in [4.78, 5) is 27.4.